The van der Waals surface area contributed by atoms with Gasteiger partial charge in [0.15, 0.2) is 11.5 Å². The molecule has 4 aliphatic carbocycles. The van der Waals surface area contributed by atoms with Gasteiger partial charge in [-0.25, -0.2) is 5.01 Å². The normalized spacial score (nSPS) is 31.1. The molecule has 10 nitrogen and oxygen atoms in total. The third-order valence-corrected chi connectivity index (χ3v) is 8.21. The Morgan fingerprint density at radius 3 is 2.43 bits per heavy atom. The van der Waals surface area contributed by atoms with Crippen LogP contribution in [0.5, 0.6) is 11.5 Å². The van der Waals surface area contributed by atoms with Gasteiger partial charge in [-0.2, -0.15) is 5.10 Å². The molecule has 1 atom stereocenters. The van der Waals surface area contributed by atoms with Crippen LogP contribution in [0.1, 0.15) is 51.0 Å². The number of rotatable bonds is 8. The third-order valence-electron chi connectivity index (χ3n) is 8.21. The fourth-order valence-electron chi connectivity index (χ4n) is 6.89. The van der Waals surface area contributed by atoms with E-state index >= 15 is 0 Å². The Morgan fingerprint density at radius 2 is 1.86 bits per heavy atom. The molecule has 4 N–H and O–H groups in total. The first-order valence-electron chi connectivity index (χ1n) is 12.4. The first-order chi connectivity index (χ1) is 16.8. The van der Waals surface area contributed by atoms with Gasteiger partial charge in [-0.1, -0.05) is 0 Å². The highest BCUT2D eigenvalue weighted by Gasteiger charge is 2.53. The lowest BCUT2D eigenvalue weighted by atomic mass is 9.52. The van der Waals surface area contributed by atoms with Crippen LogP contribution in [-0.2, 0) is 4.79 Å². The van der Waals surface area contributed by atoms with Gasteiger partial charge in [-0.05, 0) is 87.0 Å². The van der Waals surface area contributed by atoms with E-state index in [9.17, 15) is 9.90 Å². The zero-order valence-corrected chi connectivity index (χ0v) is 20.7. The molecule has 1 aliphatic heterocycles. The topological polar surface area (TPSA) is 125 Å². The fourth-order valence-corrected chi connectivity index (χ4v) is 6.89. The second-order valence-corrected chi connectivity index (χ2v) is 10.6. The predicted octanol–water partition coefficient (Wildman–Crippen LogP) is 1.94. The summed E-state index contributed by atoms with van der Waals surface area (Å²) in [6.07, 6.45) is 9.09. The van der Waals surface area contributed by atoms with Crippen molar-refractivity contribution in [3.63, 3.8) is 0 Å². The SMILES string of the molecule is COc1ccc(C=NN2CN(C(C)C(=O)O)B(NC34CC5CC(CC(C5)C3)C4)N=C2N)cc1OC. The Labute approximate surface area is 206 Å². The largest absolute Gasteiger partial charge is 0.493 e. The lowest BCUT2D eigenvalue weighted by Gasteiger charge is -2.58. The molecule has 35 heavy (non-hydrogen) atoms. The average molecular weight is 482 g/mol. The van der Waals surface area contributed by atoms with E-state index in [0.29, 0.717) is 11.5 Å². The number of hydrazone groups is 1. The number of nitrogens with two attached hydrogens (primary N) is 1. The van der Waals surface area contributed by atoms with Gasteiger partial charge in [-0.15, -0.1) is 0 Å². The quantitative estimate of drug-likeness (QED) is 0.379. The molecular formula is C24H35BN6O4. The third kappa shape index (κ3) is 4.71. The zero-order valence-electron chi connectivity index (χ0n) is 20.7. The van der Waals surface area contributed by atoms with Crippen LogP contribution < -0.4 is 20.4 Å². The number of carbonyl (C=O) groups is 1. The van der Waals surface area contributed by atoms with Gasteiger partial charge in [-0.3, -0.25) is 14.5 Å². The molecule has 0 saturated heterocycles. The second-order valence-electron chi connectivity index (χ2n) is 10.6. The van der Waals surface area contributed by atoms with Gasteiger partial charge in [0, 0.05) is 5.54 Å². The maximum absolute atomic E-state index is 12.0. The monoisotopic (exact) mass is 482 g/mol. The summed E-state index contributed by atoms with van der Waals surface area (Å²) in [6.45, 7) is 1.90. The van der Waals surface area contributed by atoms with E-state index in [1.807, 2.05) is 16.9 Å². The molecule has 0 amide bonds. The molecular weight excluding hydrogens is 447 g/mol. The molecule has 0 aromatic heterocycles. The second kappa shape index (κ2) is 9.35. The summed E-state index contributed by atoms with van der Waals surface area (Å²) in [5.74, 6) is 2.89. The Balaban J connectivity index is 1.37. The maximum Gasteiger partial charge on any atom is 0.458 e. The molecule has 11 heteroatoms. The van der Waals surface area contributed by atoms with E-state index in [-0.39, 0.29) is 18.2 Å². The van der Waals surface area contributed by atoms with Crippen LogP contribution in [0.3, 0.4) is 0 Å². The molecule has 1 heterocycles. The first-order valence-corrected chi connectivity index (χ1v) is 12.4. The standard InChI is InChI=1S/C24H35BN6O4/c1-15(22(32)33)30-14-31(27-13-16-4-5-20(34-2)21(9-16)35-3)23(26)28-25(30)29-24-10-17-6-18(11-24)8-19(7-17)12-24/h4-5,9,13,15,17-19,29H,6-8,10-12,14H2,1-3H3,(H2,26,28)(H,32,33). The molecule has 4 fully saturated rings. The van der Waals surface area contributed by atoms with Crippen molar-refractivity contribution in [1.82, 2.24) is 15.0 Å². The molecule has 1 unspecified atom stereocenters. The minimum Gasteiger partial charge on any atom is -0.493 e. The van der Waals surface area contributed by atoms with E-state index in [0.717, 1.165) is 42.6 Å². The van der Waals surface area contributed by atoms with Crippen LogP contribution in [0.15, 0.2) is 28.2 Å². The summed E-state index contributed by atoms with van der Waals surface area (Å²) in [5, 5.41) is 19.7. The molecule has 1 aromatic rings. The van der Waals surface area contributed by atoms with Crippen molar-refractivity contribution < 1.29 is 19.4 Å². The van der Waals surface area contributed by atoms with Crippen molar-refractivity contribution >= 4 is 25.3 Å². The number of nitrogens with zero attached hydrogens (tertiary/aromatic N) is 4. The number of guanidine groups is 1. The van der Waals surface area contributed by atoms with E-state index < -0.39 is 19.1 Å². The van der Waals surface area contributed by atoms with Crippen LogP contribution in [0.25, 0.3) is 0 Å². The Morgan fingerprint density at radius 1 is 1.23 bits per heavy atom. The smallest absolute Gasteiger partial charge is 0.458 e. The molecule has 6 rings (SSSR count). The van der Waals surface area contributed by atoms with Gasteiger partial charge >= 0.3 is 13.1 Å². The van der Waals surface area contributed by atoms with E-state index in [4.69, 9.17) is 20.1 Å². The minimum atomic E-state index is -0.901. The lowest BCUT2D eigenvalue weighted by Crippen LogP contribution is -2.70. The van der Waals surface area contributed by atoms with Gasteiger partial charge in [0.25, 0.3) is 0 Å². The molecule has 0 spiro atoms. The van der Waals surface area contributed by atoms with Crippen molar-refractivity contribution in [2.45, 2.75) is 57.0 Å². The predicted molar refractivity (Wildman–Crippen MR) is 134 cm³/mol. The van der Waals surface area contributed by atoms with Crippen molar-refractivity contribution in [2.75, 3.05) is 20.9 Å². The van der Waals surface area contributed by atoms with Crippen LogP contribution in [0, 0.1) is 17.8 Å². The Kier molecular flexibility index (Phi) is 6.39. The van der Waals surface area contributed by atoms with Crippen LogP contribution in [0.4, 0.5) is 0 Å². The summed E-state index contributed by atoms with van der Waals surface area (Å²) in [4.78, 5) is 18.5. The molecule has 188 valence electrons. The molecule has 4 bridgehead atoms. The number of aliphatic carboxylic acids is 1. The number of hydrogen-bond acceptors (Lipinski definition) is 9. The molecule has 4 saturated carbocycles. The van der Waals surface area contributed by atoms with E-state index in [2.05, 4.69) is 10.3 Å². The molecule has 1 aromatic carbocycles. The number of ether oxygens (including phenoxy) is 2. The highest BCUT2D eigenvalue weighted by atomic mass is 16.5. The molecule has 0 radical (unpaired) electrons. The Hall–Kier alpha value is -2.79. The highest BCUT2D eigenvalue weighted by Crippen LogP contribution is 2.55. The molecule has 5 aliphatic rings. The maximum atomic E-state index is 12.0. The number of carboxylic acids is 1. The van der Waals surface area contributed by atoms with Gasteiger partial charge in [0.2, 0.25) is 5.96 Å². The van der Waals surface area contributed by atoms with Crippen LogP contribution in [-0.4, -0.2) is 72.7 Å². The van der Waals surface area contributed by atoms with Crippen molar-refractivity contribution in [1.29, 1.82) is 0 Å². The van der Waals surface area contributed by atoms with Gasteiger partial charge < -0.3 is 25.5 Å². The van der Waals surface area contributed by atoms with Crippen LogP contribution in [0.2, 0.25) is 0 Å². The van der Waals surface area contributed by atoms with Crippen LogP contribution >= 0.6 is 0 Å². The zero-order chi connectivity index (χ0) is 24.7. The number of benzene rings is 1. The average Bonchev–Trinajstić information content (AvgIpc) is 2.81. The van der Waals surface area contributed by atoms with Gasteiger partial charge in [0.1, 0.15) is 0 Å². The summed E-state index contributed by atoms with van der Waals surface area (Å²) >= 11 is 0. The van der Waals surface area contributed by atoms with Crippen molar-refractivity contribution in [3.8, 4) is 11.5 Å². The van der Waals surface area contributed by atoms with E-state index in [1.165, 1.54) is 24.3 Å². The summed E-state index contributed by atoms with van der Waals surface area (Å²) in [6, 6.07) is 4.72. The number of methoxy groups -OCH3 is 2. The minimum absolute atomic E-state index is 0.0186. The van der Waals surface area contributed by atoms with Gasteiger partial charge in [0.05, 0.1) is 33.1 Å². The Bertz CT molecular complexity index is 998. The number of carboxylic acid groups (broad SMARTS) is 1. The number of nitrogens with one attached hydrogen (secondary N) is 1. The highest BCUT2D eigenvalue weighted by molar-refractivity contribution is 6.53. The summed E-state index contributed by atoms with van der Waals surface area (Å²) < 4.78 is 10.7. The first kappa shape index (κ1) is 23.9. The lowest BCUT2D eigenvalue weighted by molar-refractivity contribution is -0.141. The summed E-state index contributed by atoms with van der Waals surface area (Å²) in [7, 11) is 2.67. The van der Waals surface area contributed by atoms with Crippen molar-refractivity contribution in [3.05, 3.63) is 23.8 Å². The van der Waals surface area contributed by atoms with Crippen molar-refractivity contribution in [2.24, 2.45) is 33.5 Å². The summed E-state index contributed by atoms with van der Waals surface area (Å²) in [5.41, 5.74) is 7.16. The van der Waals surface area contributed by atoms with E-state index in [1.54, 1.807) is 33.4 Å². The fraction of sp³-hybridized carbons (Fsp3) is 0.625. The number of hydrogen-bond donors (Lipinski definition) is 3.